The van der Waals surface area contributed by atoms with Gasteiger partial charge in [-0.15, -0.1) is 0 Å². The number of hydrogen-bond donors (Lipinski definition) is 2. The molecule has 2 N–H and O–H groups in total. The molecule has 1 aliphatic carbocycles. The SMILES string of the molecule is COc1c(F)cccc1Cc1nc2ccc(C(=O)NCC3CCCCCC3)cc2[nH]1. The van der Waals surface area contributed by atoms with Crippen molar-refractivity contribution < 1.29 is 13.9 Å². The molecule has 1 aromatic heterocycles. The Morgan fingerprint density at radius 2 is 2.00 bits per heavy atom. The number of nitrogens with one attached hydrogen (secondary N) is 2. The van der Waals surface area contributed by atoms with Gasteiger partial charge in [-0.3, -0.25) is 4.79 Å². The summed E-state index contributed by atoms with van der Waals surface area (Å²) >= 11 is 0. The second-order valence-electron chi connectivity index (χ2n) is 8.09. The van der Waals surface area contributed by atoms with Crippen LogP contribution in [0.1, 0.15) is 60.3 Å². The Hall–Kier alpha value is -2.89. The van der Waals surface area contributed by atoms with Crippen molar-refractivity contribution in [2.45, 2.75) is 44.9 Å². The molecule has 30 heavy (non-hydrogen) atoms. The smallest absolute Gasteiger partial charge is 0.251 e. The molecule has 1 fully saturated rings. The fourth-order valence-corrected chi connectivity index (χ4v) is 4.30. The highest BCUT2D eigenvalue weighted by Crippen LogP contribution is 2.25. The van der Waals surface area contributed by atoms with E-state index in [4.69, 9.17) is 4.74 Å². The zero-order valence-electron chi connectivity index (χ0n) is 17.3. The van der Waals surface area contributed by atoms with Crippen molar-refractivity contribution in [3.8, 4) is 5.75 Å². The number of halogens is 1. The topological polar surface area (TPSA) is 67.0 Å². The highest BCUT2D eigenvalue weighted by molar-refractivity contribution is 5.97. The third-order valence-corrected chi connectivity index (χ3v) is 5.93. The number of imidazole rings is 1. The van der Waals surface area contributed by atoms with Crippen LogP contribution >= 0.6 is 0 Å². The number of para-hydroxylation sites is 1. The van der Waals surface area contributed by atoms with Crippen LogP contribution in [-0.4, -0.2) is 29.5 Å². The predicted octanol–water partition coefficient (Wildman–Crippen LogP) is 5.00. The minimum absolute atomic E-state index is 0.0518. The number of H-pyrrole nitrogens is 1. The predicted molar refractivity (Wildman–Crippen MR) is 115 cm³/mol. The first-order valence-electron chi connectivity index (χ1n) is 10.7. The van der Waals surface area contributed by atoms with Crippen molar-refractivity contribution >= 4 is 16.9 Å². The number of nitrogens with zero attached hydrogens (tertiary/aromatic N) is 1. The molecule has 0 atom stereocenters. The van der Waals surface area contributed by atoms with Crippen LogP contribution in [0.4, 0.5) is 4.39 Å². The molecule has 0 saturated heterocycles. The Labute approximate surface area is 176 Å². The van der Waals surface area contributed by atoms with Gasteiger partial charge in [0.25, 0.3) is 5.91 Å². The summed E-state index contributed by atoms with van der Waals surface area (Å²) in [5, 5.41) is 3.10. The van der Waals surface area contributed by atoms with Crippen LogP contribution in [0.15, 0.2) is 36.4 Å². The van der Waals surface area contributed by atoms with Gasteiger partial charge in [-0.2, -0.15) is 0 Å². The molecule has 1 amide bonds. The molecule has 1 heterocycles. The van der Waals surface area contributed by atoms with Crippen molar-refractivity contribution in [2.24, 2.45) is 5.92 Å². The third-order valence-electron chi connectivity index (χ3n) is 5.93. The number of rotatable bonds is 6. The van der Waals surface area contributed by atoms with Crippen molar-refractivity contribution in [1.82, 2.24) is 15.3 Å². The summed E-state index contributed by atoms with van der Waals surface area (Å²) in [7, 11) is 1.46. The summed E-state index contributed by atoms with van der Waals surface area (Å²) in [5.74, 6) is 1.07. The van der Waals surface area contributed by atoms with Crippen LogP contribution in [0.25, 0.3) is 11.0 Å². The molecule has 0 radical (unpaired) electrons. The summed E-state index contributed by atoms with van der Waals surface area (Å²) in [5.41, 5.74) is 2.91. The lowest BCUT2D eigenvalue weighted by Crippen LogP contribution is -2.29. The molecule has 0 spiro atoms. The summed E-state index contributed by atoms with van der Waals surface area (Å²) in [6.45, 7) is 0.741. The molecule has 0 bridgehead atoms. The first-order valence-corrected chi connectivity index (χ1v) is 10.7. The van der Waals surface area contributed by atoms with Gasteiger partial charge in [0.05, 0.1) is 18.1 Å². The van der Waals surface area contributed by atoms with Gasteiger partial charge in [0.15, 0.2) is 11.6 Å². The molecule has 2 aromatic carbocycles. The van der Waals surface area contributed by atoms with E-state index < -0.39 is 5.82 Å². The van der Waals surface area contributed by atoms with Gasteiger partial charge in [-0.05, 0) is 43.0 Å². The van der Waals surface area contributed by atoms with Crippen molar-refractivity contribution in [2.75, 3.05) is 13.7 Å². The molecule has 6 heteroatoms. The van der Waals surface area contributed by atoms with Crippen LogP contribution in [0, 0.1) is 11.7 Å². The second kappa shape index (κ2) is 9.28. The number of carbonyl (C=O) groups excluding carboxylic acids is 1. The number of carbonyl (C=O) groups is 1. The van der Waals surface area contributed by atoms with E-state index in [1.807, 2.05) is 18.2 Å². The fourth-order valence-electron chi connectivity index (χ4n) is 4.30. The minimum Gasteiger partial charge on any atom is -0.493 e. The maximum Gasteiger partial charge on any atom is 0.251 e. The largest absolute Gasteiger partial charge is 0.493 e. The van der Waals surface area contributed by atoms with Gasteiger partial charge < -0.3 is 15.0 Å². The van der Waals surface area contributed by atoms with E-state index in [0.29, 0.717) is 23.7 Å². The number of aromatic nitrogens is 2. The first kappa shape index (κ1) is 20.4. The normalized spacial score (nSPS) is 15.1. The average Bonchev–Trinajstić information content (AvgIpc) is 2.96. The van der Waals surface area contributed by atoms with E-state index in [9.17, 15) is 9.18 Å². The lowest BCUT2D eigenvalue weighted by Gasteiger charge is -2.14. The molecule has 1 saturated carbocycles. The van der Waals surface area contributed by atoms with Crippen molar-refractivity contribution in [1.29, 1.82) is 0 Å². The molecular weight excluding hydrogens is 381 g/mol. The monoisotopic (exact) mass is 409 g/mol. The van der Waals surface area contributed by atoms with Gasteiger partial charge in [0, 0.05) is 24.1 Å². The molecule has 1 aliphatic rings. The molecule has 4 rings (SSSR count). The third kappa shape index (κ3) is 4.64. The van der Waals surface area contributed by atoms with E-state index in [2.05, 4.69) is 15.3 Å². The number of fused-ring (bicyclic) bond motifs is 1. The number of hydrogen-bond acceptors (Lipinski definition) is 3. The lowest BCUT2D eigenvalue weighted by molar-refractivity contribution is 0.0946. The molecule has 0 aliphatic heterocycles. The molecule has 0 unspecified atom stereocenters. The van der Waals surface area contributed by atoms with Gasteiger partial charge in [0.2, 0.25) is 0 Å². The van der Waals surface area contributed by atoms with Crippen LogP contribution in [0.5, 0.6) is 5.75 Å². The Morgan fingerprint density at radius 3 is 2.77 bits per heavy atom. The van der Waals surface area contributed by atoms with Gasteiger partial charge in [0.1, 0.15) is 5.82 Å². The highest BCUT2D eigenvalue weighted by atomic mass is 19.1. The van der Waals surface area contributed by atoms with E-state index >= 15 is 0 Å². The van der Waals surface area contributed by atoms with Crippen LogP contribution in [0.3, 0.4) is 0 Å². The van der Waals surface area contributed by atoms with E-state index in [1.165, 1.54) is 51.7 Å². The summed E-state index contributed by atoms with van der Waals surface area (Å²) in [4.78, 5) is 20.5. The standard InChI is InChI=1S/C24H28FN3O2/c1-30-23-17(9-6-10-19(23)25)14-22-27-20-12-11-18(13-21(20)28-22)24(29)26-15-16-7-4-2-3-5-8-16/h6,9-13,16H,2-5,7-8,14-15H2,1H3,(H,26,29)(H,27,28). The van der Waals surface area contributed by atoms with Crippen molar-refractivity contribution in [3.05, 3.63) is 59.2 Å². The fraction of sp³-hybridized carbons (Fsp3) is 0.417. The number of methoxy groups -OCH3 is 1. The average molecular weight is 410 g/mol. The molecule has 3 aromatic rings. The molecule has 5 nitrogen and oxygen atoms in total. The van der Waals surface area contributed by atoms with Gasteiger partial charge in [-0.25, -0.2) is 9.37 Å². The number of ether oxygens (including phenoxy) is 1. The van der Waals surface area contributed by atoms with E-state index in [0.717, 1.165) is 23.1 Å². The Bertz CT molecular complexity index is 1020. The number of amides is 1. The van der Waals surface area contributed by atoms with E-state index in [1.54, 1.807) is 12.1 Å². The maximum atomic E-state index is 13.9. The number of aromatic amines is 1. The Kier molecular flexibility index (Phi) is 6.31. The highest BCUT2D eigenvalue weighted by Gasteiger charge is 2.16. The lowest BCUT2D eigenvalue weighted by atomic mass is 10.0. The van der Waals surface area contributed by atoms with Gasteiger partial charge in [-0.1, -0.05) is 37.8 Å². The quantitative estimate of drug-likeness (QED) is 0.563. The summed E-state index contributed by atoms with van der Waals surface area (Å²) in [6.07, 6.45) is 7.97. The zero-order chi connectivity index (χ0) is 20.9. The Balaban J connectivity index is 1.46. The molecular formula is C24H28FN3O2. The first-order chi connectivity index (χ1) is 14.6. The van der Waals surface area contributed by atoms with Crippen molar-refractivity contribution in [3.63, 3.8) is 0 Å². The van der Waals surface area contributed by atoms with Crippen LogP contribution < -0.4 is 10.1 Å². The van der Waals surface area contributed by atoms with Crippen LogP contribution in [0.2, 0.25) is 0 Å². The Morgan fingerprint density at radius 1 is 1.20 bits per heavy atom. The maximum absolute atomic E-state index is 13.9. The zero-order valence-corrected chi connectivity index (χ0v) is 17.3. The second-order valence-corrected chi connectivity index (χ2v) is 8.09. The van der Waals surface area contributed by atoms with Crippen LogP contribution in [-0.2, 0) is 6.42 Å². The summed E-state index contributed by atoms with van der Waals surface area (Å²) < 4.78 is 19.1. The van der Waals surface area contributed by atoms with E-state index in [-0.39, 0.29) is 11.7 Å². The van der Waals surface area contributed by atoms with Gasteiger partial charge >= 0.3 is 0 Å². The summed E-state index contributed by atoms with van der Waals surface area (Å²) in [6, 6.07) is 10.3. The number of benzene rings is 2. The minimum atomic E-state index is -0.390. The molecule has 158 valence electrons.